The Morgan fingerprint density at radius 2 is 2.83 bits per heavy atom. The molecule has 1 unspecified atom stereocenters. The summed E-state index contributed by atoms with van der Waals surface area (Å²) < 4.78 is 4.82. The Bertz CT molecular complexity index is 44.1. The van der Waals surface area contributed by atoms with Crippen molar-refractivity contribution < 1.29 is 4.65 Å². The van der Waals surface area contributed by atoms with E-state index in [-0.39, 0.29) is 0 Å². The maximum Gasteiger partial charge on any atom is 0.396 e. The summed E-state index contributed by atoms with van der Waals surface area (Å²) in [7, 11) is 1.63. The summed E-state index contributed by atoms with van der Waals surface area (Å²) in [5.74, 6) is 0. The normalized spacial score (nSPS) is 33.2. The highest BCUT2D eigenvalue weighted by Gasteiger charge is 2.08. The summed E-state index contributed by atoms with van der Waals surface area (Å²) in [4.78, 5) is 0. The molecule has 1 heterocycles. The van der Waals surface area contributed by atoms with Crippen molar-refractivity contribution in [2.24, 2.45) is 0 Å². The summed E-state index contributed by atoms with van der Waals surface area (Å²) in [6.45, 7) is 2.89. The first kappa shape index (κ1) is 4.15. The second-order valence-electron chi connectivity index (χ2n) is 1.52. The molecule has 0 aliphatic carbocycles. The Balaban J connectivity index is 2.18. The number of nitrogens with one attached hydrogen (secondary N) is 1. The van der Waals surface area contributed by atoms with Gasteiger partial charge in [0.1, 0.15) is 0 Å². The van der Waals surface area contributed by atoms with E-state index in [1.807, 2.05) is 0 Å². The van der Waals surface area contributed by atoms with E-state index in [1.54, 1.807) is 7.62 Å². The van der Waals surface area contributed by atoms with Gasteiger partial charge in [-0.2, -0.15) is 0 Å². The monoisotopic (exact) mass is 84.1 g/mol. The zero-order valence-electron chi connectivity index (χ0n) is 3.77. The van der Waals surface area contributed by atoms with Crippen molar-refractivity contribution in [3.05, 3.63) is 0 Å². The van der Waals surface area contributed by atoms with Gasteiger partial charge >= 0.3 is 7.62 Å². The number of hydrogen-bond donors (Lipinski definition) is 1. The summed E-state index contributed by atoms with van der Waals surface area (Å²) in [6.07, 6.45) is 0. The van der Waals surface area contributed by atoms with Crippen LogP contribution in [0.2, 0.25) is 0 Å². The molecule has 1 rings (SSSR count). The molecule has 1 radical (unpaired) electrons. The van der Waals surface area contributed by atoms with Crippen molar-refractivity contribution >= 4 is 7.62 Å². The largest absolute Gasteiger partial charge is 0.423 e. The molecule has 1 saturated heterocycles. The van der Waals surface area contributed by atoms with Crippen molar-refractivity contribution in [2.45, 2.75) is 13.0 Å². The Hall–Kier alpha value is -0.0151. The van der Waals surface area contributed by atoms with Gasteiger partial charge < -0.3 is 9.88 Å². The van der Waals surface area contributed by atoms with E-state index in [0.717, 1.165) is 6.61 Å². The second kappa shape index (κ2) is 1.62. The van der Waals surface area contributed by atoms with Gasteiger partial charge in [-0.05, 0) is 6.92 Å². The van der Waals surface area contributed by atoms with Crippen LogP contribution in [0, 0.1) is 0 Å². The van der Waals surface area contributed by atoms with E-state index in [1.165, 1.54) is 0 Å². The number of hydrogen-bond acceptors (Lipinski definition) is 2. The van der Waals surface area contributed by atoms with Crippen LogP contribution in [0.3, 0.4) is 0 Å². The lowest BCUT2D eigenvalue weighted by molar-refractivity contribution is 0.357. The Kier molecular flexibility index (Phi) is 1.12. The van der Waals surface area contributed by atoms with Gasteiger partial charge in [-0.1, -0.05) is 0 Å². The first-order valence-corrected chi connectivity index (χ1v) is 2.09. The molecule has 0 bridgehead atoms. The molecule has 0 spiro atoms. The van der Waals surface area contributed by atoms with Crippen LogP contribution < -0.4 is 5.23 Å². The Morgan fingerprint density at radius 3 is 3.00 bits per heavy atom. The van der Waals surface area contributed by atoms with Crippen LogP contribution in [0.15, 0.2) is 0 Å². The van der Waals surface area contributed by atoms with Gasteiger partial charge in [0.05, 0.1) is 0 Å². The predicted octanol–water partition coefficient (Wildman–Crippen LogP) is -0.471. The third kappa shape index (κ3) is 0.728. The minimum absolute atomic E-state index is 0.519. The smallest absolute Gasteiger partial charge is 0.396 e. The molecule has 0 aromatic rings. The van der Waals surface area contributed by atoms with Crippen LogP contribution in [-0.4, -0.2) is 20.3 Å². The third-order valence-corrected chi connectivity index (χ3v) is 0.782. The molecule has 0 aromatic heterocycles. The molecule has 0 amide bonds. The van der Waals surface area contributed by atoms with Crippen LogP contribution in [0.25, 0.3) is 0 Å². The zero-order chi connectivity index (χ0) is 4.41. The summed E-state index contributed by atoms with van der Waals surface area (Å²) in [5, 5.41) is 2.97. The minimum atomic E-state index is 0.519. The van der Waals surface area contributed by atoms with Gasteiger partial charge in [-0.25, -0.2) is 0 Å². The van der Waals surface area contributed by atoms with E-state index >= 15 is 0 Å². The van der Waals surface area contributed by atoms with E-state index in [2.05, 4.69) is 12.2 Å². The fourth-order valence-electron chi connectivity index (χ4n) is 0.405. The SMILES string of the molecule is CC1CO[B]N1. The molecule has 1 aliphatic rings. The summed E-state index contributed by atoms with van der Waals surface area (Å²) >= 11 is 0. The van der Waals surface area contributed by atoms with E-state index in [9.17, 15) is 0 Å². The van der Waals surface area contributed by atoms with Gasteiger partial charge in [-0.3, -0.25) is 0 Å². The predicted molar refractivity (Wildman–Crippen MR) is 24.3 cm³/mol. The maximum absolute atomic E-state index is 4.82. The molecule has 0 aromatic carbocycles. The zero-order valence-corrected chi connectivity index (χ0v) is 3.77. The van der Waals surface area contributed by atoms with Crippen LogP contribution in [0.4, 0.5) is 0 Å². The van der Waals surface area contributed by atoms with Crippen LogP contribution in [0.1, 0.15) is 6.92 Å². The van der Waals surface area contributed by atoms with Crippen molar-refractivity contribution in [3.63, 3.8) is 0 Å². The lowest BCUT2D eigenvalue weighted by atomic mass is 10.3. The second-order valence-corrected chi connectivity index (χ2v) is 1.52. The maximum atomic E-state index is 4.82. The molecule has 6 heavy (non-hydrogen) atoms. The first-order chi connectivity index (χ1) is 2.89. The topological polar surface area (TPSA) is 21.3 Å². The lowest BCUT2D eigenvalue weighted by Crippen LogP contribution is -2.20. The third-order valence-electron chi connectivity index (χ3n) is 0.782. The average molecular weight is 83.9 g/mol. The van der Waals surface area contributed by atoms with Crippen molar-refractivity contribution in [1.82, 2.24) is 5.23 Å². The lowest BCUT2D eigenvalue weighted by Gasteiger charge is -1.93. The van der Waals surface area contributed by atoms with Crippen LogP contribution in [0.5, 0.6) is 0 Å². The summed E-state index contributed by atoms with van der Waals surface area (Å²) in [6, 6.07) is 0.519. The standard InChI is InChI=1S/C3H7BNO/c1-3-2-6-4-5-3/h3,5H,2H2,1H3. The van der Waals surface area contributed by atoms with Gasteiger partial charge in [0.15, 0.2) is 0 Å². The molecule has 1 N–H and O–H groups in total. The van der Waals surface area contributed by atoms with Crippen LogP contribution >= 0.6 is 0 Å². The van der Waals surface area contributed by atoms with E-state index < -0.39 is 0 Å². The fourth-order valence-corrected chi connectivity index (χ4v) is 0.405. The quantitative estimate of drug-likeness (QED) is 0.400. The van der Waals surface area contributed by atoms with Crippen LogP contribution in [-0.2, 0) is 4.65 Å². The molecule has 1 aliphatic heterocycles. The number of rotatable bonds is 0. The first-order valence-electron chi connectivity index (χ1n) is 2.09. The van der Waals surface area contributed by atoms with Gasteiger partial charge in [0.2, 0.25) is 0 Å². The molecule has 3 heteroatoms. The molecule has 1 fully saturated rings. The highest BCUT2D eigenvalue weighted by atomic mass is 16.4. The highest BCUT2D eigenvalue weighted by molar-refractivity contribution is 6.24. The molecular weight excluding hydrogens is 76.9 g/mol. The Morgan fingerprint density at radius 1 is 2.00 bits per heavy atom. The molecule has 2 nitrogen and oxygen atoms in total. The van der Waals surface area contributed by atoms with Crippen molar-refractivity contribution in [2.75, 3.05) is 6.61 Å². The van der Waals surface area contributed by atoms with Gasteiger partial charge in [0, 0.05) is 12.6 Å². The average Bonchev–Trinajstić information content (AvgIpc) is 1.86. The minimum Gasteiger partial charge on any atom is -0.423 e. The van der Waals surface area contributed by atoms with Gasteiger partial charge in [-0.15, -0.1) is 0 Å². The van der Waals surface area contributed by atoms with E-state index in [4.69, 9.17) is 4.65 Å². The van der Waals surface area contributed by atoms with Crippen molar-refractivity contribution in [3.8, 4) is 0 Å². The Labute approximate surface area is 38.2 Å². The molecule has 1 atom stereocenters. The van der Waals surface area contributed by atoms with Gasteiger partial charge in [0.25, 0.3) is 0 Å². The van der Waals surface area contributed by atoms with Crippen molar-refractivity contribution in [1.29, 1.82) is 0 Å². The molecule has 0 saturated carbocycles. The molecular formula is C3H7BNO. The summed E-state index contributed by atoms with van der Waals surface area (Å²) in [5.41, 5.74) is 0. The molecule has 33 valence electrons. The van der Waals surface area contributed by atoms with E-state index in [0.29, 0.717) is 6.04 Å². The highest BCUT2D eigenvalue weighted by Crippen LogP contribution is 1.86. The fraction of sp³-hybridized carbons (Fsp3) is 1.00.